The van der Waals surface area contributed by atoms with Crippen LogP contribution < -0.4 is 4.65 Å². The Hall–Kier alpha value is -3.30. The molecule has 1 N–H and O–H groups in total. The van der Waals surface area contributed by atoms with Gasteiger partial charge in [0.05, 0.1) is 0 Å². The lowest BCUT2D eigenvalue weighted by molar-refractivity contribution is 0.454. The first-order chi connectivity index (χ1) is 13.3. The van der Waals surface area contributed by atoms with Crippen LogP contribution in [0.2, 0.25) is 0 Å². The molecule has 0 amide bonds. The van der Waals surface area contributed by atoms with Crippen LogP contribution in [0.3, 0.4) is 0 Å². The molecule has 4 aromatic carbocycles. The van der Waals surface area contributed by atoms with E-state index in [-0.39, 0.29) is 7.69 Å². The number of benzene rings is 4. The van der Waals surface area contributed by atoms with Gasteiger partial charge in [0.25, 0.3) is 0 Å². The molecule has 0 heterocycles. The minimum absolute atomic E-state index is 0.318. The van der Waals surface area contributed by atoms with Crippen molar-refractivity contribution in [2.75, 3.05) is 0 Å². The first kappa shape index (κ1) is 17.1. The second kappa shape index (κ2) is 7.94. The molecular weight excluding hydrogens is 331 g/mol. The van der Waals surface area contributed by atoms with Crippen LogP contribution in [-0.2, 0) is 0 Å². The highest BCUT2D eigenvalue weighted by Gasteiger charge is 2.07. The molecule has 0 atom stereocenters. The normalized spacial score (nSPS) is 10.4. The van der Waals surface area contributed by atoms with E-state index in [0.717, 1.165) is 11.1 Å². The number of hydrogen-bond donors (Lipinski definition) is 1. The lowest BCUT2D eigenvalue weighted by Crippen LogP contribution is -1.99. The summed E-state index contributed by atoms with van der Waals surface area (Å²) >= 11 is 0. The van der Waals surface area contributed by atoms with E-state index < -0.39 is 0 Å². The Morgan fingerprint density at radius 1 is 0.481 bits per heavy atom. The summed E-state index contributed by atoms with van der Waals surface area (Å²) in [5.41, 5.74) is 7.00. The standard InChI is InChI=1S/C24H19BO2/c26-25-27-24-13-11-20(12-14-24)23-16-21(18-7-3-1-4-8-18)15-22(17-23)19-9-5-2-6-10-19/h1-17,25-26H. The smallest absolute Gasteiger partial charge is 0.504 e. The summed E-state index contributed by atoms with van der Waals surface area (Å²) in [6, 6.07) is 35.3. The summed E-state index contributed by atoms with van der Waals surface area (Å²) < 4.78 is 5.14. The molecule has 0 aliphatic heterocycles. The topological polar surface area (TPSA) is 29.5 Å². The van der Waals surface area contributed by atoms with Gasteiger partial charge in [0.1, 0.15) is 5.75 Å². The van der Waals surface area contributed by atoms with E-state index in [4.69, 9.17) is 9.68 Å². The maximum Gasteiger partial charge on any atom is 0.504 e. The van der Waals surface area contributed by atoms with Crippen LogP contribution in [0, 0.1) is 0 Å². The predicted octanol–water partition coefficient (Wildman–Crippen LogP) is 5.33. The van der Waals surface area contributed by atoms with Gasteiger partial charge in [-0.25, -0.2) is 0 Å². The fraction of sp³-hybridized carbons (Fsp3) is 0. The van der Waals surface area contributed by atoms with Gasteiger partial charge in [-0.05, 0) is 63.7 Å². The molecule has 0 aliphatic rings. The van der Waals surface area contributed by atoms with E-state index in [2.05, 4.69) is 66.7 Å². The van der Waals surface area contributed by atoms with Crippen molar-refractivity contribution in [1.82, 2.24) is 0 Å². The van der Waals surface area contributed by atoms with Crippen molar-refractivity contribution >= 4 is 7.69 Å². The van der Waals surface area contributed by atoms with Crippen LogP contribution in [0.5, 0.6) is 5.75 Å². The van der Waals surface area contributed by atoms with Crippen LogP contribution in [0.1, 0.15) is 0 Å². The van der Waals surface area contributed by atoms with Crippen molar-refractivity contribution in [1.29, 1.82) is 0 Å². The SMILES string of the molecule is OBOc1ccc(-c2cc(-c3ccccc3)cc(-c3ccccc3)c2)cc1. The third-order valence-electron chi connectivity index (χ3n) is 4.57. The maximum atomic E-state index is 8.91. The van der Waals surface area contributed by atoms with Gasteiger partial charge in [-0.15, -0.1) is 0 Å². The van der Waals surface area contributed by atoms with Gasteiger partial charge in [0.2, 0.25) is 0 Å². The molecule has 3 heteroatoms. The minimum atomic E-state index is -0.318. The van der Waals surface area contributed by atoms with Crippen molar-refractivity contribution in [3.8, 4) is 39.1 Å². The molecule has 0 aliphatic carbocycles. The van der Waals surface area contributed by atoms with Gasteiger partial charge in [-0.3, -0.25) is 0 Å². The van der Waals surface area contributed by atoms with Crippen molar-refractivity contribution in [2.45, 2.75) is 0 Å². The molecule has 0 saturated carbocycles. The van der Waals surface area contributed by atoms with E-state index in [1.54, 1.807) is 0 Å². The summed E-state index contributed by atoms with van der Waals surface area (Å²) in [5.74, 6) is 0.656. The Morgan fingerprint density at radius 3 is 1.30 bits per heavy atom. The molecule has 0 aromatic heterocycles. The van der Waals surface area contributed by atoms with E-state index in [0.29, 0.717) is 5.75 Å². The van der Waals surface area contributed by atoms with Crippen LogP contribution in [0.4, 0.5) is 0 Å². The lowest BCUT2D eigenvalue weighted by atomic mass is 9.93. The van der Waals surface area contributed by atoms with Crippen molar-refractivity contribution < 1.29 is 9.68 Å². The first-order valence-electron chi connectivity index (χ1n) is 8.93. The van der Waals surface area contributed by atoms with Gasteiger partial charge in [0.15, 0.2) is 0 Å². The molecule has 0 fully saturated rings. The van der Waals surface area contributed by atoms with Crippen LogP contribution in [0.25, 0.3) is 33.4 Å². The van der Waals surface area contributed by atoms with Crippen LogP contribution in [-0.4, -0.2) is 12.7 Å². The van der Waals surface area contributed by atoms with E-state index in [1.165, 1.54) is 22.3 Å². The Morgan fingerprint density at radius 2 is 0.889 bits per heavy atom. The largest absolute Gasteiger partial charge is 0.539 e. The second-order valence-corrected chi connectivity index (χ2v) is 6.33. The maximum absolute atomic E-state index is 8.91. The molecule has 4 rings (SSSR count). The summed E-state index contributed by atoms with van der Waals surface area (Å²) in [6.07, 6.45) is 0. The molecule has 2 nitrogen and oxygen atoms in total. The molecule has 130 valence electrons. The first-order valence-corrected chi connectivity index (χ1v) is 8.93. The molecule has 0 unspecified atom stereocenters. The zero-order valence-electron chi connectivity index (χ0n) is 14.9. The average molecular weight is 350 g/mol. The van der Waals surface area contributed by atoms with Gasteiger partial charge in [-0.2, -0.15) is 0 Å². The molecule has 4 aromatic rings. The zero-order valence-corrected chi connectivity index (χ0v) is 14.9. The Bertz CT molecular complexity index is 955. The van der Waals surface area contributed by atoms with Gasteiger partial charge in [0, 0.05) is 0 Å². The van der Waals surface area contributed by atoms with Crippen molar-refractivity contribution in [2.24, 2.45) is 0 Å². The third kappa shape index (κ3) is 3.94. The van der Waals surface area contributed by atoms with Crippen LogP contribution in [0.15, 0.2) is 103 Å². The Kier molecular flexibility index (Phi) is 5.04. The zero-order chi connectivity index (χ0) is 18.5. The monoisotopic (exact) mass is 350 g/mol. The van der Waals surface area contributed by atoms with Gasteiger partial charge in [-0.1, -0.05) is 72.8 Å². The summed E-state index contributed by atoms with van der Waals surface area (Å²) in [4.78, 5) is 0. The molecule has 0 radical (unpaired) electrons. The lowest BCUT2D eigenvalue weighted by Gasteiger charge is -2.12. The van der Waals surface area contributed by atoms with Crippen molar-refractivity contribution in [3.05, 3.63) is 103 Å². The Balaban J connectivity index is 1.83. The summed E-state index contributed by atoms with van der Waals surface area (Å²) in [7, 11) is -0.318. The third-order valence-corrected chi connectivity index (χ3v) is 4.57. The quantitative estimate of drug-likeness (QED) is 0.493. The summed E-state index contributed by atoms with van der Waals surface area (Å²) in [6.45, 7) is 0. The highest BCUT2D eigenvalue weighted by Crippen LogP contribution is 2.33. The van der Waals surface area contributed by atoms with E-state index in [1.807, 2.05) is 36.4 Å². The highest BCUT2D eigenvalue weighted by atomic mass is 16.5. The summed E-state index contributed by atoms with van der Waals surface area (Å²) in [5, 5.41) is 8.91. The Labute approximate surface area is 160 Å². The number of rotatable bonds is 5. The van der Waals surface area contributed by atoms with Crippen molar-refractivity contribution in [3.63, 3.8) is 0 Å². The average Bonchev–Trinajstić information content (AvgIpc) is 2.75. The predicted molar refractivity (Wildman–Crippen MR) is 113 cm³/mol. The van der Waals surface area contributed by atoms with E-state index >= 15 is 0 Å². The molecule has 0 saturated heterocycles. The number of hydrogen-bond acceptors (Lipinski definition) is 2. The fourth-order valence-corrected chi connectivity index (χ4v) is 3.21. The fourth-order valence-electron chi connectivity index (χ4n) is 3.21. The van der Waals surface area contributed by atoms with E-state index in [9.17, 15) is 0 Å². The molecular formula is C24H19BO2. The van der Waals surface area contributed by atoms with Gasteiger partial charge < -0.3 is 9.68 Å². The molecule has 0 spiro atoms. The highest BCUT2D eigenvalue weighted by molar-refractivity contribution is 6.17. The molecule has 27 heavy (non-hydrogen) atoms. The second-order valence-electron chi connectivity index (χ2n) is 6.33. The minimum Gasteiger partial charge on any atom is -0.539 e. The van der Waals surface area contributed by atoms with Gasteiger partial charge >= 0.3 is 7.69 Å². The molecule has 0 bridgehead atoms. The van der Waals surface area contributed by atoms with Crippen LogP contribution >= 0.6 is 0 Å².